The second kappa shape index (κ2) is 5.48. The van der Waals surface area contributed by atoms with Gasteiger partial charge in [-0.25, -0.2) is 0 Å². The summed E-state index contributed by atoms with van der Waals surface area (Å²) in [6, 6.07) is 9.11. The quantitative estimate of drug-likeness (QED) is 0.674. The van der Waals surface area contributed by atoms with Crippen molar-refractivity contribution in [1.82, 2.24) is 4.98 Å². The van der Waals surface area contributed by atoms with Gasteiger partial charge in [0.05, 0.1) is 16.8 Å². The van der Waals surface area contributed by atoms with Crippen molar-refractivity contribution in [2.45, 2.75) is 20.4 Å². The van der Waals surface area contributed by atoms with E-state index in [4.69, 9.17) is 0 Å². The number of nitrogens with zero attached hydrogens (tertiary/aromatic N) is 2. The maximum absolute atomic E-state index is 10.9. The molecule has 5 nitrogen and oxygen atoms in total. The van der Waals surface area contributed by atoms with Gasteiger partial charge in [-0.05, 0) is 31.5 Å². The lowest BCUT2D eigenvalue weighted by molar-refractivity contribution is -0.385. The molecule has 1 aromatic heterocycles. The lowest BCUT2D eigenvalue weighted by Gasteiger charge is -2.07. The Hall–Kier alpha value is -2.43. The number of hydrogen-bond acceptors (Lipinski definition) is 4. The van der Waals surface area contributed by atoms with Crippen molar-refractivity contribution in [3.63, 3.8) is 0 Å². The van der Waals surface area contributed by atoms with E-state index in [1.54, 1.807) is 25.3 Å². The molecule has 0 unspecified atom stereocenters. The van der Waals surface area contributed by atoms with Gasteiger partial charge < -0.3 is 5.32 Å². The summed E-state index contributed by atoms with van der Waals surface area (Å²) in [5.41, 5.74) is 3.55. The number of anilines is 1. The fourth-order valence-electron chi connectivity index (χ4n) is 1.74. The van der Waals surface area contributed by atoms with Gasteiger partial charge in [0, 0.05) is 23.9 Å². The van der Waals surface area contributed by atoms with Gasteiger partial charge in [0.2, 0.25) is 0 Å². The number of pyridine rings is 1. The van der Waals surface area contributed by atoms with E-state index >= 15 is 0 Å². The van der Waals surface area contributed by atoms with Gasteiger partial charge in [0.25, 0.3) is 5.69 Å². The first-order valence-corrected chi connectivity index (χ1v) is 5.97. The maximum Gasteiger partial charge on any atom is 0.272 e. The molecular formula is C14H15N3O2. The van der Waals surface area contributed by atoms with Gasteiger partial charge in [-0.3, -0.25) is 15.1 Å². The fourth-order valence-corrected chi connectivity index (χ4v) is 1.74. The number of aromatic nitrogens is 1. The zero-order valence-electron chi connectivity index (χ0n) is 10.9. The second-order valence-electron chi connectivity index (χ2n) is 4.42. The first-order valence-electron chi connectivity index (χ1n) is 5.97. The van der Waals surface area contributed by atoms with Crippen LogP contribution in [0.25, 0.3) is 0 Å². The van der Waals surface area contributed by atoms with Crippen LogP contribution >= 0.6 is 0 Å². The molecule has 98 valence electrons. The van der Waals surface area contributed by atoms with Crippen molar-refractivity contribution in [1.29, 1.82) is 0 Å². The van der Waals surface area contributed by atoms with E-state index < -0.39 is 0 Å². The normalized spacial score (nSPS) is 10.2. The molecule has 0 saturated carbocycles. The lowest BCUT2D eigenvalue weighted by atomic mass is 10.1. The second-order valence-corrected chi connectivity index (χ2v) is 4.42. The van der Waals surface area contributed by atoms with E-state index in [9.17, 15) is 10.1 Å². The van der Waals surface area contributed by atoms with Crippen molar-refractivity contribution in [3.8, 4) is 0 Å². The topological polar surface area (TPSA) is 68.1 Å². The molecule has 0 radical (unpaired) electrons. The summed E-state index contributed by atoms with van der Waals surface area (Å²) in [7, 11) is 0. The molecule has 1 N–H and O–H groups in total. The Bertz CT molecular complexity index is 594. The molecule has 0 aliphatic rings. The summed E-state index contributed by atoms with van der Waals surface area (Å²) in [4.78, 5) is 14.7. The van der Waals surface area contributed by atoms with Crippen LogP contribution < -0.4 is 5.32 Å². The third-order valence-electron chi connectivity index (χ3n) is 2.88. The molecule has 2 aromatic rings. The molecule has 0 fully saturated rings. The van der Waals surface area contributed by atoms with Crippen LogP contribution in [0.15, 0.2) is 36.5 Å². The third-order valence-corrected chi connectivity index (χ3v) is 2.88. The molecule has 0 spiro atoms. The molecular weight excluding hydrogens is 242 g/mol. The van der Waals surface area contributed by atoms with Crippen LogP contribution in [-0.4, -0.2) is 9.91 Å². The zero-order chi connectivity index (χ0) is 13.8. The van der Waals surface area contributed by atoms with Gasteiger partial charge in [-0.1, -0.05) is 12.1 Å². The lowest BCUT2D eigenvalue weighted by Crippen LogP contribution is -2.01. The van der Waals surface area contributed by atoms with Crippen LogP contribution in [0.2, 0.25) is 0 Å². The Morgan fingerprint density at radius 1 is 1.26 bits per heavy atom. The minimum Gasteiger partial charge on any atom is -0.380 e. The van der Waals surface area contributed by atoms with Crippen molar-refractivity contribution in [2.24, 2.45) is 0 Å². The fraction of sp³-hybridized carbons (Fsp3) is 0.214. The Morgan fingerprint density at radius 3 is 2.68 bits per heavy atom. The molecule has 1 aromatic carbocycles. The summed E-state index contributed by atoms with van der Waals surface area (Å²) in [5, 5.41) is 14.0. The highest BCUT2D eigenvalue weighted by molar-refractivity contribution is 5.45. The van der Waals surface area contributed by atoms with Gasteiger partial charge in [0.1, 0.15) is 0 Å². The zero-order valence-corrected chi connectivity index (χ0v) is 10.9. The predicted octanol–water partition coefficient (Wildman–Crippen LogP) is 3.22. The number of benzene rings is 1. The monoisotopic (exact) mass is 257 g/mol. The summed E-state index contributed by atoms with van der Waals surface area (Å²) >= 11 is 0. The van der Waals surface area contributed by atoms with Crippen LogP contribution in [-0.2, 0) is 6.54 Å². The van der Waals surface area contributed by atoms with Crippen LogP contribution in [0.3, 0.4) is 0 Å². The van der Waals surface area contributed by atoms with Crippen LogP contribution in [0.4, 0.5) is 11.4 Å². The average Bonchev–Trinajstić information content (AvgIpc) is 2.39. The van der Waals surface area contributed by atoms with Gasteiger partial charge in [-0.15, -0.1) is 0 Å². The summed E-state index contributed by atoms with van der Waals surface area (Å²) in [6.45, 7) is 4.19. The molecule has 2 rings (SSSR count). The first kappa shape index (κ1) is 13.0. The van der Waals surface area contributed by atoms with E-state index in [2.05, 4.69) is 10.3 Å². The molecule has 0 saturated heterocycles. The molecule has 0 atom stereocenters. The van der Waals surface area contributed by atoms with Crippen molar-refractivity contribution >= 4 is 11.4 Å². The van der Waals surface area contributed by atoms with Crippen LogP contribution in [0.1, 0.15) is 16.8 Å². The van der Waals surface area contributed by atoms with Gasteiger partial charge >= 0.3 is 0 Å². The Labute approximate surface area is 111 Å². The predicted molar refractivity (Wildman–Crippen MR) is 74.1 cm³/mol. The summed E-state index contributed by atoms with van der Waals surface area (Å²) in [5.74, 6) is 0. The third kappa shape index (κ3) is 3.28. The molecule has 0 amide bonds. The first-order chi connectivity index (χ1) is 9.06. The summed E-state index contributed by atoms with van der Waals surface area (Å²) < 4.78 is 0. The minimum atomic E-state index is -0.355. The smallest absolute Gasteiger partial charge is 0.272 e. The number of nitro benzene ring substituents is 1. The highest BCUT2D eigenvalue weighted by atomic mass is 16.6. The highest BCUT2D eigenvalue weighted by Gasteiger charge is 2.10. The Balaban J connectivity index is 2.09. The van der Waals surface area contributed by atoms with E-state index in [-0.39, 0.29) is 10.6 Å². The SMILES string of the molecule is Cc1ccc(NCc2ccc(C)c([N+](=O)[O-])c2)cn1. The molecule has 0 bridgehead atoms. The molecule has 19 heavy (non-hydrogen) atoms. The van der Waals surface area contributed by atoms with E-state index in [0.717, 1.165) is 16.9 Å². The number of nitrogens with one attached hydrogen (secondary N) is 1. The van der Waals surface area contributed by atoms with Crippen molar-refractivity contribution in [2.75, 3.05) is 5.32 Å². The standard InChI is InChI=1S/C14H15N3O2/c1-10-3-5-12(7-14(10)17(18)19)8-16-13-6-4-11(2)15-9-13/h3-7,9,16H,8H2,1-2H3. The average molecular weight is 257 g/mol. The van der Waals surface area contributed by atoms with Crippen LogP contribution in [0, 0.1) is 24.0 Å². The van der Waals surface area contributed by atoms with E-state index in [1.807, 2.05) is 25.1 Å². The molecule has 1 heterocycles. The summed E-state index contributed by atoms with van der Waals surface area (Å²) in [6.07, 6.45) is 1.75. The Morgan fingerprint density at radius 2 is 2.05 bits per heavy atom. The molecule has 5 heteroatoms. The number of rotatable bonds is 4. The Kier molecular flexibility index (Phi) is 3.75. The number of nitro groups is 1. The number of hydrogen-bond donors (Lipinski definition) is 1. The van der Waals surface area contributed by atoms with Crippen molar-refractivity contribution in [3.05, 3.63) is 63.5 Å². The number of aryl methyl sites for hydroxylation is 2. The van der Waals surface area contributed by atoms with Crippen LogP contribution in [0.5, 0.6) is 0 Å². The minimum absolute atomic E-state index is 0.154. The maximum atomic E-state index is 10.9. The molecule has 0 aliphatic carbocycles. The molecule has 0 aliphatic heterocycles. The van der Waals surface area contributed by atoms with Crippen molar-refractivity contribution < 1.29 is 4.92 Å². The largest absolute Gasteiger partial charge is 0.380 e. The van der Waals surface area contributed by atoms with E-state index in [0.29, 0.717) is 12.1 Å². The van der Waals surface area contributed by atoms with Gasteiger partial charge in [-0.2, -0.15) is 0 Å². The van der Waals surface area contributed by atoms with Gasteiger partial charge in [0.15, 0.2) is 0 Å². The van der Waals surface area contributed by atoms with E-state index in [1.165, 1.54) is 0 Å². The highest BCUT2D eigenvalue weighted by Crippen LogP contribution is 2.20.